The van der Waals surface area contributed by atoms with Crippen LogP contribution < -0.4 is 9.64 Å². The second kappa shape index (κ2) is 9.98. The Labute approximate surface area is 189 Å². The number of carbonyl (C=O) groups excluding carboxylic acids is 1. The summed E-state index contributed by atoms with van der Waals surface area (Å²) in [6.07, 6.45) is 3.64. The van der Waals surface area contributed by atoms with Gasteiger partial charge in [-0.05, 0) is 49.1 Å². The van der Waals surface area contributed by atoms with E-state index in [1.807, 2.05) is 66.3 Å². The third-order valence-corrected chi connectivity index (χ3v) is 6.57. The minimum absolute atomic E-state index is 0.0669. The Kier molecular flexibility index (Phi) is 6.89. The number of nitrogens with zero attached hydrogens (tertiary/aromatic N) is 4. The second-order valence-electron chi connectivity index (χ2n) is 6.72. The van der Waals surface area contributed by atoms with Crippen LogP contribution in [0.2, 0.25) is 0 Å². The fraction of sp³-hybridized carbons (Fsp3) is 0.261. The third-order valence-electron chi connectivity index (χ3n) is 4.65. The first kappa shape index (κ1) is 21.4. The van der Waals surface area contributed by atoms with Crippen LogP contribution in [0.25, 0.3) is 10.2 Å². The van der Waals surface area contributed by atoms with Gasteiger partial charge in [-0.1, -0.05) is 30.4 Å². The van der Waals surface area contributed by atoms with Crippen molar-refractivity contribution in [1.29, 1.82) is 0 Å². The Hall–Kier alpha value is -2.84. The first-order chi connectivity index (χ1) is 15.2. The summed E-state index contributed by atoms with van der Waals surface area (Å²) in [7, 11) is 0. The SMILES string of the molecule is CCOc1cccc2sc(N(CCn3cccn3)C(=O)c3cccc(SCC)c3)nc12. The zero-order valence-electron chi connectivity index (χ0n) is 17.5. The van der Waals surface area contributed by atoms with Gasteiger partial charge in [-0.15, -0.1) is 11.8 Å². The number of thioether (sulfide) groups is 1. The molecule has 2 heterocycles. The molecule has 0 unspecified atom stereocenters. The molecule has 160 valence electrons. The van der Waals surface area contributed by atoms with Gasteiger partial charge in [0.25, 0.3) is 5.91 Å². The lowest BCUT2D eigenvalue weighted by molar-refractivity contribution is 0.0985. The van der Waals surface area contributed by atoms with Crippen LogP contribution in [0.1, 0.15) is 24.2 Å². The molecule has 8 heteroatoms. The Morgan fingerprint density at radius 3 is 2.84 bits per heavy atom. The van der Waals surface area contributed by atoms with Gasteiger partial charge in [-0.2, -0.15) is 5.10 Å². The van der Waals surface area contributed by atoms with Gasteiger partial charge in [-0.3, -0.25) is 14.4 Å². The summed E-state index contributed by atoms with van der Waals surface area (Å²) in [5.74, 6) is 1.63. The number of thiazole rings is 1. The van der Waals surface area contributed by atoms with Crippen LogP contribution in [0.5, 0.6) is 5.75 Å². The van der Waals surface area contributed by atoms with Crippen LogP contribution in [0.4, 0.5) is 5.13 Å². The number of aromatic nitrogens is 3. The van der Waals surface area contributed by atoms with Crippen LogP contribution in [0.15, 0.2) is 65.8 Å². The number of hydrogen-bond donors (Lipinski definition) is 0. The number of amides is 1. The zero-order chi connectivity index (χ0) is 21.6. The molecule has 0 N–H and O–H groups in total. The lowest BCUT2D eigenvalue weighted by atomic mass is 10.2. The van der Waals surface area contributed by atoms with E-state index in [9.17, 15) is 4.79 Å². The maximum Gasteiger partial charge on any atom is 0.260 e. The van der Waals surface area contributed by atoms with Gasteiger partial charge >= 0.3 is 0 Å². The summed E-state index contributed by atoms with van der Waals surface area (Å²) < 4.78 is 8.56. The Balaban J connectivity index is 1.70. The maximum atomic E-state index is 13.6. The van der Waals surface area contributed by atoms with Crippen molar-refractivity contribution in [2.75, 3.05) is 23.8 Å². The molecule has 0 aliphatic heterocycles. The first-order valence-corrected chi connectivity index (χ1v) is 12.0. The van der Waals surface area contributed by atoms with Crippen LogP contribution in [0.3, 0.4) is 0 Å². The molecule has 1 amide bonds. The predicted octanol–water partition coefficient (Wildman–Crippen LogP) is 5.35. The second-order valence-corrected chi connectivity index (χ2v) is 9.07. The number of ether oxygens (including phenoxy) is 1. The van der Waals surface area contributed by atoms with Gasteiger partial charge in [0.1, 0.15) is 11.3 Å². The maximum absolute atomic E-state index is 13.6. The Bertz CT molecular complexity index is 1160. The van der Waals surface area contributed by atoms with Crippen LogP contribution >= 0.6 is 23.1 Å². The normalized spacial score (nSPS) is 11.0. The summed E-state index contributed by atoms with van der Waals surface area (Å²) in [6, 6.07) is 15.5. The highest BCUT2D eigenvalue weighted by Crippen LogP contribution is 2.35. The lowest BCUT2D eigenvalue weighted by Gasteiger charge is -2.20. The van der Waals surface area contributed by atoms with Crippen molar-refractivity contribution in [3.63, 3.8) is 0 Å². The van der Waals surface area contributed by atoms with E-state index in [1.54, 1.807) is 22.9 Å². The largest absolute Gasteiger partial charge is 0.492 e. The quantitative estimate of drug-likeness (QED) is 0.320. The smallest absolute Gasteiger partial charge is 0.260 e. The standard InChI is InChI=1S/C23H24N4O2S2/c1-3-29-19-10-6-11-20-21(19)25-23(31-20)27(15-14-26-13-7-12-24-26)22(28)17-8-5-9-18(16-17)30-4-2/h5-13,16H,3-4,14-15H2,1-2H3. The molecule has 0 atom stereocenters. The summed E-state index contributed by atoms with van der Waals surface area (Å²) >= 11 is 3.22. The molecule has 6 nitrogen and oxygen atoms in total. The Morgan fingerprint density at radius 1 is 1.19 bits per heavy atom. The molecule has 0 bridgehead atoms. The number of carbonyl (C=O) groups is 1. The fourth-order valence-electron chi connectivity index (χ4n) is 3.26. The molecule has 2 aromatic heterocycles. The molecule has 0 aliphatic carbocycles. The van der Waals surface area contributed by atoms with Crippen molar-refractivity contribution in [3.05, 3.63) is 66.5 Å². The molecular weight excluding hydrogens is 428 g/mol. The van der Waals surface area contributed by atoms with Gasteiger partial charge in [0.15, 0.2) is 5.13 Å². The van der Waals surface area contributed by atoms with E-state index in [0.29, 0.717) is 30.4 Å². The molecule has 0 saturated heterocycles. The van der Waals surface area contributed by atoms with E-state index in [2.05, 4.69) is 12.0 Å². The highest BCUT2D eigenvalue weighted by atomic mass is 32.2. The van der Waals surface area contributed by atoms with E-state index in [0.717, 1.165) is 26.6 Å². The average Bonchev–Trinajstić information content (AvgIpc) is 3.45. The van der Waals surface area contributed by atoms with Gasteiger partial charge in [-0.25, -0.2) is 4.98 Å². The van der Waals surface area contributed by atoms with Crippen molar-refractivity contribution < 1.29 is 9.53 Å². The summed E-state index contributed by atoms with van der Waals surface area (Å²) in [5.41, 5.74) is 1.44. The minimum Gasteiger partial charge on any atom is -0.492 e. The highest BCUT2D eigenvalue weighted by molar-refractivity contribution is 7.99. The van der Waals surface area contributed by atoms with E-state index in [4.69, 9.17) is 9.72 Å². The minimum atomic E-state index is -0.0669. The van der Waals surface area contributed by atoms with Crippen molar-refractivity contribution in [3.8, 4) is 5.75 Å². The Morgan fingerprint density at radius 2 is 2.06 bits per heavy atom. The molecule has 0 fully saturated rings. The lowest BCUT2D eigenvalue weighted by Crippen LogP contribution is -2.34. The number of anilines is 1. The monoisotopic (exact) mass is 452 g/mol. The first-order valence-electron chi connectivity index (χ1n) is 10.2. The zero-order valence-corrected chi connectivity index (χ0v) is 19.2. The molecule has 31 heavy (non-hydrogen) atoms. The predicted molar refractivity (Wildman–Crippen MR) is 128 cm³/mol. The molecule has 0 saturated carbocycles. The average molecular weight is 453 g/mol. The van der Waals surface area contributed by atoms with Crippen molar-refractivity contribution in [2.45, 2.75) is 25.3 Å². The van der Waals surface area contributed by atoms with Crippen LogP contribution in [-0.4, -0.2) is 39.6 Å². The summed E-state index contributed by atoms with van der Waals surface area (Å²) in [4.78, 5) is 21.2. The molecule has 0 spiro atoms. The van der Waals surface area contributed by atoms with Crippen molar-refractivity contribution >= 4 is 44.4 Å². The number of para-hydroxylation sites is 1. The van der Waals surface area contributed by atoms with E-state index in [-0.39, 0.29) is 5.91 Å². The molecule has 0 aliphatic rings. The molecular formula is C23H24N4O2S2. The van der Waals surface area contributed by atoms with Crippen LogP contribution in [-0.2, 0) is 6.54 Å². The third kappa shape index (κ3) is 4.91. The topological polar surface area (TPSA) is 60.2 Å². The highest BCUT2D eigenvalue weighted by Gasteiger charge is 2.22. The van der Waals surface area contributed by atoms with E-state index >= 15 is 0 Å². The number of fused-ring (bicyclic) bond motifs is 1. The van der Waals surface area contributed by atoms with E-state index < -0.39 is 0 Å². The fourth-order valence-corrected chi connectivity index (χ4v) is 4.99. The number of rotatable bonds is 9. The van der Waals surface area contributed by atoms with Crippen molar-refractivity contribution in [1.82, 2.24) is 14.8 Å². The van der Waals surface area contributed by atoms with Crippen molar-refractivity contribution in [2.24, 2.45) is 0 Å². The molecule has 0 radical (unpaired) electrons. The van der Waals surface area contributed by atoms with Crippen LogP contribution in [0, 0.1) is 0 Å². The summed E-state index contributed by atoms with van der Waals surface area (Å²) in [5, 5.41) is 4.93. The van der Waals surface area contributed by atoms with Gasteiger partial charge < -0.3 is 4.74 Å². The number of benzene rings is 2. The van der Waals surface area contributed by atoms with E-state index in [1.165, 1.54) is 11.3 Å². The molecule has 4 rings (SSSR count). The molecule has 2 aromatic carbocycles. The molecule has 4 aromatic rings. The van der Waals surface area contributed by atoms with Gasteiger partial charge in [0.2, 0.25) is 0 Å². The van der Waals surface area contributed by atoms with Gasteiger partial charge in [0.05, 0.1) is 17.9 Å². The van der Waals surface area contributed by atoms with Gasteiger partial charge in [0, 0.05) is 29.4 Å². The summed E-state index contributed by atoms with van der Waals surface area (Å²) in [6.45, 7) is 5.67. The number of hydrogen-bond acceptors (Lipinski definition) is 6.